The van der Waals surface area contributed by atoms with E-state index in [1.54, 1.807) is 13.0 Å². The van der Waals surface area contributed by atoms with Crippen LogP contribution in [0.15, 0.2) is 12.3 Å². The van der Waals surface area contributed by atoms with Gasteiger partial charge >= 0.3 is 5.97 Å². The molecule has 0 aromatic carbocycles. The van der Waals surface area contributed by atoms with Crippen LogP contribution in [-0.2, 0) is 0 Å². The number of pyridine rings is 1. The summed E-state index contributed by atoms with van der Waals surface area (Å²) in [7, 11) is 0. The minimum absolute atomic E-state index is 0.231. The molecule has 0 saturated carbocycles. The topological polar surface area (TPSA) is 66.0 Å². The molecule has 0 radical (unpaired) electrons. The summed E-state index contributed by atoms with van der Waals surface area (Å²) in [6, 6.07) is 1.59. The minimum Gasteiger partial charge on any atom is -0.478 e. The second-order valence-corrected chi connectivity index (χ2v) is 3.42. The smallest absolute Gasteiger partial charge is 0.338 e. The molecule has 5 heteroatoms. The van der Waals surface area contributed by atoms with E-state index in [0.29, 0.717) is 21.7 Å². The van der Waals surface area contributed by atoms with Crippen molar-refractivity contribution in [3.05, 3.63) is 28.5 Å². The Morgan fingerprint density at radius 2 is 2.36 bits per heavy atom. The Bertz CT molecular complexity index is 519. The highest BCUT2D eigenvalue weighted by Crippen LogP contribution is 2.23. The molecule has 0 atom stereocenters. The standard InChI is InChI=1S/C9H7ClN2O2/c1-4-7(9(13)14)6-2-5(10)3-11-8(6)12-4/h2-3H,1H3,(H,11,12)(H,13,14). The van der Waals surface area contributed by atoms with Crippen molar-refractivity contribution in [2.24, 2.45) is 0 Å². The number of H-pyrrole nitrogens is 1. The van der Waals surface area contributed by atoms with Crippen molar-refractivity contribution in [2.45, 2.75) is 6.92 Å². The van der Waals surface area contributed by atoms with Gasteiger partial charge in [-0.1, -0.05) is 11.6 Å². The first kappa shape index (κ1) is 9.02. The van der Waals surface area contributed by atoms with Gasteiger partial charge in [0.15, 0.2) is 0 Å². The first-order valence-corrected chi connectivity index (χ1v) is 4.34. The summed E-state index contributed by atoms with van der Waals surface area (Å²) < 4.78 is 0. The first-order valence-electron chi connectivity index (χ1n) is 3.96. The van der Waals surface area contributed by atoms with E-state index >= 15 is 0 Å². The average Bonchev–Trinajstić information content (AvgIpc) is 2.40. The van der Waals surface area contributed by atoms with E-state index in [9.17, 15) is 4.79 Å². The van der Waals surface area contributed by atoms with Gasteiger partial charge in [0.25, 0.3) is 0 Å². The van der Waals surface area contributed by atoms with Crippen LogP contribution in [0.3, 0.4) is 0 Å². The van der Waals surface area contributed by atoms with E-state index in [1.807, 2.05) is 0 Å². The fourth-order valence-corrected chi connectivity index (χ4v) is 1.61. The van der Waals surface area contributed by atoms with Gasteiger partial charge in [0.1, 0.15) is 5.65 Å². The Balaban J connectivity index is 2.86. The van der Waals surface area contributed by atoms with E-state index in [-0.39, 0.29) is 5.56 Å². The molecule has 0 aliphatic rings. The lowest BCUT2D eigenvalue weighted by atomic mass is 10.2. The van der Waals surface area contributed by atoms with E-state index in [4.69, 9.17) is 16.7 Å². The fourth-order valence-electron chi connectivity index (χ4n) is 1.45. The number of carbonyl (C=O) groups is 1. The summed E-state index contributed by atoms with van der Waals surface area (Å²) >= 11 is 5.74. The van der Waals surface area contributed by atoms with Gasteiger partial charge in [-0.15, -0.1) is 0 Å². The number of rotatable bonds is 1. The zero-order valence-corrected chi connectivity index (χ0v) is 8.09. The van der Waals surface area contributed by atoms with E-state index < -0.39 is 5.97 Å². The summed E-state index contributed by atoms with van der Waals surface area (Å²) in [5.74, 6) is -0.974. The largest absolute Gasteiger partial charge is 0.478 e. The number of nitrogens with zero attached hydrogens (tertiary/aromatic N) is 1. The second kappa shape index (κ2) is 2.99. The number of aromatic amines is 1. The average molecular weight is 211 g/mol. The lowest BCUT2D eigenvalue weighted by Crippen LogP contribution is -1.96. The third-order valence-electron chi connectivity index (χ3n) is 2.02. The van der Waals surface area contributed by atoms with Gasteiger partial charge in [-0.3, -0.25) is 0 Å². The third-order valence-corrected chi connectivity index (χ3v) is 2.23. The molecule has 4 nitrogen and oxygen atoms in total. The van der Waals surface area contributed by atoms with Crippen LogP contribution < -0.4 is 0 Å². The molecule has 0 bridgehead atoms. The molecule has 2 N–H and O–H groups in total. The number of aromatic nitrogens is 2. The van der Waals surface area contributed by atoms with Gasteiger partial charge in [0.2, 0.25) is 0 Å². The molecule has 2 heterocycles. The highest BCUT2D eigenvalue weighted by molar-refractivity contribution is 6.31. The fraction of sp³-hybridized carbons (Fsp3) is 0.111. The normalized spacial score (nSPS) is 10.7. The lowest BCUT2D eigenvalue weighted by molar-refractivity contribution is 0.0698. The van der Waals surface area contributed by atoms with Crippen LogP contribution in [0.25, 0.3) is 11.0 Å². The molecule has 0 fully saturated rings. The lowest BCUT2D eigenvalue weighted by Gasteiger charge is -1.93. The van der Waals surface area contributed by atoms with Crippen LogP contribution >= 0.6 is 11.6 Å². The number of fused-ring (bicyclic) bond motifs is 1. The first-order chi connectivity index (χ1) is 6.59. The van der Waals surface area contributed by atoms with Crippen LogP contribution in [0.1, 0.15) is 16.1 Å². The molecule has 2 aromatic rings. The monoisotopic (exact) mass is 210 g/mol. The van der Waals surface area contributed by atoms with E-state index in [1.165, 1.54) is 6.20 Å². The highest BCUT2D eigenvalue weighted by atomic mass is 35.5. The Morgan fingerprint density at radius 1 is 1.64 bits per heavy atom. The molecule has 2 aromatic heterocycles. The molecular formula is C9H7ClN2O2. The molecular weight excluding hydrogens is 204 g/mol. The Labute approximate surface area is 84.5 Å². The highest BCUT2D eigenvalue weighted by Gasteiger charge is 2.15. The predicted octanol–water partition coefficient (Wildman–Crippen LogP) is 2.22. The summed E-state index contributed by atoms with van der Waals surface area (Å²) in [5.41, 5.74) is 1.36. The molecule has 0 amide bonds. The Hall–Kier alpha value is -1.55. The van der Waals surface area contributed by atoms with Crippen molar-refractivity contribution >= 4 is 28.6 Å². The van der Waals surface area contributed by atoms with Crippen molar-refractivity contribution in [3.8, 4) is 0 Å². The summed E-state index contributed by atoms with van der Waals surface area (Å²) in [4.78, 5) is 17.8. The summed E-state index contributed by atoms with van der Waals surface area (Å²) in [6.07, 6.45) is 1.48. The Morgan fingerprint density at radius 3 is 3.00 bits per heavy atom. The zero-order valence-electron chi connectivity index (χ0n) is 7.34. The van der Waals surface area contributed by atoms with Crippen LogP contribution in [0.5, 0.6) is 0 Å². The van der Waals surface area contributed by atoms with Crippen LogP contribution in [0, 0.1) is 6.92 Å². The molecule has 14 heavy (non-hydrogen) atoms. The summed E-state index contributed by atoms with van der Waals surface area (Å²) in [6.45, 7) is 1.69. The molecule has 0 aliphatic carbocycles. The van der Waals surface area contributed by atoms with E-state index in [2.05, 4.69) is 9.97 Å². The number of hydrogen-bond donors (Lipinski definition) is 2. The van der Waals surface area contributed by atoms with Crippen molar-refractivity contribution < 1.29 is 9.90 Å². The maximum atomic E-state index is 10.9. The van der Waals surface area contributed by atoms with Crippen molar-refractivity contribution in [2.75, 3.05) is 0 Å². The molecule has 0 unspecified atom stereocenters. The van der Waals surface area contributed by atoms with Gasteiger partial charge in [-0.05, 0) is 13.0 Å². The zero-order chi connectivity index (χ0) is 10.3. The molecule has 72 valence electrons. The quantitative estimate of drug-likeness (QED) is 0.759. The van der Waals surface area contributed by atoms with Gasteiger partial charge < -0.3 is 10.1 Å². The number of halogens is 1. The minimum atomic E-state index is -0.974. The van der Waals surface area contributed by atoms with Crippen molar-refractivity contribution in [1.29, 1.82) is 0 Å². The number of nitrogens with one attached hydrogen (secondary N) is 1. The number of aryl methyl sites for hydroxylation is 1. The van der Waals surface area contributed by atoms with Gasteiger partial charge in [-0.2, -0.15) is 0 Å². The third kappa shape index (κ3) is 1.24. The number of aromatic carboxylic acids is 1. The van der Waals surface area contributed by atoms with Crippen molar-refractivity contribution in [3.63, 3.8) is 0 Å². The van der Waals surface area contributed by atoms with Gasteiger partial charge in [-0.25, -0.2) is 9.78 Å². The van der Waals surface area contributed by atoms with E-state index in [0.717, 1.165) is 0 Å². The SMILES string of the molecule is Cc1[nH]c2ncc(Cl)cc2c1C(=O)O. The molecule has 0 aliphatic heterocycles. The van der Waals surface area contributed by atoms with Crippen LogP contribution in [-0.4, -0.2) is 21.0 Å². The maximum absolute atomic E-state index is 10.9. The van der Waals surface area contributed by atoms with Gasteiger partial charge in [0.05, 0.1) is 10.6 Å². The van der Waals surface area contributed by atoms with Crippen LogP contribution in [0.2, 0.25) is 5.02 Å². The molecule has 2 rings (SSSR count). The maximum Gasteiger partial charge on any atom is 0.338 e. The second-order valence-electron chi connectivity index (χ2n) is 2.98. The van der Waals surface area contributed by atoms with Gasteiger partial charge in [0, 0.05) is 17.3 Å². The predicted molar refractivity (Wildman–Crippen MR) is 52.8 cm³/mol. The molecule has 0 spiro atoms. The van der Waals surface area contributed by atoms with Crippen molar-refractivity contribution in [1.82, 2.24) is 9.97 Å². The number of carboxylic acids is 1. The summed E-state index contributed by atoms with van der Waals surface area (Å²) in [5, 5.41) is 9.93. The number of hydrogen-bond acceptors (Lipinski definition) is 2. The molecule has 0 saturated heterocycles. The van der Waals surface area contributed by atoms with Crippen LogP contribution in [0.4, 0.5) is 0 Å². The Kier molecular flexibility index (Phi) is 1.93. The number of carboxylic acid groups (broad SMARTS) is 1.